The molecule has 0 aromatic heterocycles. The highest BCUT2D eigenvalue weighted by molar-refractivity contribution is 9.10. The van der Waals surface area contributed by atoms with E-state index in [-0.39, 0.29) is 6.61 Å². The van der Waals surface area contributed by atoms with Gasteiger partial charge in [-0.2, -0.15) is 0 Å². The van der Waals surface area contributed by atoms with Gasteiger partial charge in [0.15, 0.2) is 0 Å². The number of hydrogen-bond acceptors (Lipinski definition) is 2. The molecular formula is C11H10BrClO3. The SMILES string of the molecule is CC(=CC(=O)O)COc1ccc(Br)cc1Cl. The lowest BCUT2D eigenvalue weighted by Gasteiger charge is -2.07. The van der Waals surface area contributed by atoms with Crippen LogP contribution < -0.4 is 4.74 Å². The van der Waals surface area contributed by atoms with Gasteiger partial charge in [-0.25, -0.2) is 4.79 Å². The molecule has 0 amide bonds. The third-order valence-corrected chi connectivity index (χ3v) is 2.51. The van der Waals surface area contributed by atoms with E-state index < -0.39 is 5.97 Å². The lowest BCUT2D eigenvalue weighted by atomic mass is 10.3. The van der Waals surface area contributed by atoms with Crippen LogP contribution in [-0.2, 0) is 4.79 Å². The molecule has 0 saturated carbocycles. The summed E-state index contributed by atoms with van der Waals surface area (Å²) in [5.74, 6) is -0.453. The highest BCUT2D eigenvalue weighted by Crippen LogP contribution is 2.27. The average Bonchev–Trinajstić information content (AvgIpc) is 2.15. The molecule has 1 N–H and O–H groups in total. The Bertz CT molecular complexity index is 429. The molecule has 0 radical (unpaired) electrons. The Morgan fingerprint density at radius 3 is 2.88 bits per heavy atom. The maximum absolute atomic E-state index is 10.4. The van der Waals surface area contributed by atoms with Crippen LogP contribution in [0.15, 0.2) is 34.3 Å². The number of hydrogen-bond donors (Lipinski definition) is 1. The van der Waals surface area contributed by atoms with Crippen LogP contribution >= 0.6 is 27.5 Å². The van der Waals surface area contributed by atoms with Crippen molar-refractivity contribution in [2.75, 3.05) is 6.61 Å². The zero-order chi connectivity index (χ0) is 12.1. The van der Waals surface area contributed by atoms with Gasteiger partial charge in [-0.15, -0.1) is 0 Å². The zero-order valence-corrected chi connectivity index (χ0v) is 10.9. The molecular weight excluding hydrogens is 295 g/mol. The van der Waals surface area contributed by atoms with E-state index in [1.54, 1.807) is 25.1 Å². The van der Waals surface area contributed by atoms with Gasteiger partial charge in [-0.05, 0) is 30.7 Å². The van der Waals surface area contributed by atoms with Crippen LogP contribution in [0.2, 0.25) is 5.02 Å². The number of carbonyl (C=O) groups is 1. The zero-order valence-electron chi connectivity index (χ0n) is 8.54. The van der Waals surface area contributed by atoms with Crippen LogP contribution in [0.4, 0.5) is 0 Å². The summed E-state index contributed by atoms with van der Waals surface area (Å²) in [6, 6.07) is 5.24. The van der Waals surface area contributed by atoms with Gasteiger partial charge in [0.1, 0.15) is 12.4 Å². The van der Waals surface area contributed by atoms with E-state index in [0.29, 0.717) is 16.3 Å². The van der Waals surface area contributed by atoms with Crippen molar-refractivity contribution in [2.24, 2.45) is 0 Å². The molecule has 86 valence electrons. The van der Waals surface area contributed by atoms with Crippen LogP contribution in [0.3, 0.4) is 0 Å². The second kappa shape index (κ2) is 5.92. The van der Waals surface area contributed by atoms with Crippen LogP contribution in [0, 0.1) is 0 Å². The second-order valence-electron chi connectivity index (χ2n) is 3.19. The van der Waals surface area contributed by atoms with E-state index >= 15 is 0 Å². The minimum absolute atomic E-state index is 0.202. The number of benzene rings is 1. The average molecular weight is 306 g/mol. The van der Waals surface area contributed by atoms with E-state index in [1.165, 1.54) is 0 Å². The minimum Gasteiger partial charge on any atom is -0.488 e. The smallest absolute Gasteiger partial charge is 0.328 e. The summed E-state index contributed by atoms with van der Waals surface area (Å²) in [7, 11) is 0. The normalized spacial score (nSPS) is 11.3. The van der Waals surface area contributed by atoms with Crippen LogP contribution in [0.1, 0.15) is 6.92 Å². The predicted octanol–water partition coefficient (Wildman–Crippen LogP) is 3.51. The van der Waals surface area contributed by atoms with Gasteiger partial charge in [0, 0.05) is 10.5 Å². The summed E-state index contributed by atoms with van der Waals surface area (Å²) in [4.78, 5) is 10.4. The van der Waals surface area contributed by atoms with Crippen molar-refractivity contribution in [1.82, 2.24) is 0 Å². The Morgan fingerprint density at radius 1 is 1.62 bits per heavy atom. The minimum atomic E-state index is -0.983. The number of halogens is 2. The van der Waals surface area contributed by atoms with E-state index in [9.17, 15) is 4.79 Å². The number of ether oxygens (including phenoxy) is 1. The molecule has 0 atom stereocenters. The van der Waals surface area contributed by atoms with Gasteiger partial charge in [0.05, 0.1) is 5.02 Å². The molecule has 0 aliphatic heterocycles. The Hall–Kier alpha value is -1.000. The first kappa shape index (κ1) is 13.1. The van der Waals surface area contributed by atoms with Gasteiger partial charge in [0.25, 0.3) is 0 Å². The summed E-state index contributed by atoms with van der Waals surface area (Å²) in [6.07, 6.45) is 1.10. The number of carboxylic acid groups (broad SMARTS) is 1. The Morgan fingerprint density at radius 2 is 2.31 bits per heavy atom. The summed E-state index contributed by atoms with van der Waals surface area (Å²) in [5, 5.41) is 8.99. The Labute approximate surface area is 107 Å². The molecule has 0 bridgehead atoms. The maximum atomic E-state index is 10.4. The molecule has 0 spiro atoms. The third-order valence-electron chi connectivity index (χ3n) is 1.72. The first-order valence-corrected chi connectivity index (χ1v) is 5.64. The lowest BCUT2D eigenvalue weighted by molar-refractivity contribution is -0.131. The fourth-order valence-electron chi connectivity index (χ4n) is 1.04. The molecule has 1 rings (SSSR count). The van der Waals surface area contributed by atoms with Gasteiger partial charge in [-0.1, -0.05) is 27.5 Å². The molecule has 1 aromatic rings. The number of carboxylic acids is 1. The van der Waals surface area contributed by atoms with Crippen molar-refractivity contribution in [3.8, 4) is 5.75 Å². The first-order valence-electron chi connectivity index (χ1n) is 4.47. The van der Waals surface area contributed by atoms with Crippen molar-refractivity contribution < 1.29 is 14.6 Å². The second-order valence-corrected chi connectivity index (χ2v) is 4.52. The Kier molecular flexibility index (Phi) is 4.83. The van der Waals surface area contributed by atoms with Gasteiger partial charge < -0.3 is 9.84 Å². The molecule has 0 unspecified atom stereocenters. The first-order chi connectivity index (χ1) is 7.49. The molecule has 16 heavy (non-hydrogen) atoms. The largest absolute Gasteiger partial charge is 0.488 e. The quantitative estimate of drug-likeness (QED) is 0.866. The standard InChI is InChI=1S/C11H10BrClO3/c1-7(4-11(14)15)6-16-10-3-2-8(12)5-9(10)13/h2-5H,6H2,1H3,(H,14,15). The van der Waals surface area contributed by atoms with Crippen molar-refractivity contribution >= 4 is 33.5 Å². The molecule has 0 saturated heterocycles. The fraction of sp³-hybridized carbons (Fsp3) is 0.182. The monoisotopic (exact) mass is 304 g/mol. The molecule has 0 aliphatic rings. The fourth-order valence-corrected chi connectivity index (χ4v) is 1.76. The topological polar surface area (TPSA) is 46.5 Å². The Balaban J connectivity index is 2.65. The third kappa shape index (κ3) is 4.24. The van der Waals surface area contributed by atoms with Crippen LogP contribution in [-0.4, -0.2) is 17.7 Å². The molecule has 0 fully saturated rings. The molecule has 0 heterocycles. The summed E-state index contributed by atoms with van der Waals surface area (Å²) in [6.45, 7) is 1.88. The molecule has 3 nitrogen and oxygen atoms in total. The lowest BCUT2D eigenvalue weighted by Crippen LogP contribution is -2.01. The van der Waals surface area contributed by atoms with Crippen molar-refractivity contribution in [2.45, 2.75) is 6.92 Å². The summed E-state index contributed by atoms with van der Waals surface area (Å²) >= 11 is 9.21. The maximum Gasteiger partial charge on any atom is 0.328 e. The van der Waals surface area contributed by atoms with Crippen molar-refractivity contribution in [3.05, 3.63) is 39.3 Å². The van der Waals surface area contributed by atoms with E-state index in [4.69, 9.17) is 21.4 Å². The highest BCUT2D eigenvalue weighted by Gasteiger charge is 2.02. The summed E-state index contributed by atoms with van der Waals surface area (Å²) in [5.41, 5.74) is 0.617. The summed E-state index contributed by atoms with van der Waals surface area (Å²) < 4.78 is 6.23. The van der Waals surface area contributed by atoms with E-state index in [2.05, 4.69) is 15.9 Å². The van der Waals surface area contributed by atoms with E-state index in [0.717, 1.165) is 10.5 Å². The van der Waals surface area contributed by atoms with Crippen molar-refractivity contribution in [3.63, 3.8) is 0 Å². The molecule has 0 aliphatic carbocycles. The highest BCUT2D eigenvalue weighted by atomic mass is 79.9. The molecule has 1 aromatic carbocycles. The predicted molar refractivity (Wildman–Crippen MR) is 66.0 cm³/mol. The van der Waals surface area contributed by atoms with Gasteiger partial charge in [0.2, 0.25) is 0 Å². The number of aliphatic carboxylic acids is 1. The van der Waals surface area contributed by atoms with Crippen LogP contribution in [0.25, 0.3) is 0 Å². The van der Waals surface area contributed by atoms with Gasteiger partial charge in [-0.3, -0.25) is 0 Å². The van der Waals surface area contributed by atoms with E-state index in [1.807, 2.05) is 0 Å². The number of rotatable bonds is 4. The van der Waals surface area contributed by atoms with Crippen LogP contribution in [0.5, 0.6) is 5.75 Å². The van der Waals surface area contributed by atoms with Gasteiger partial charge >= 0.3 is 5.97 Å². The molecule has 5 heteroatoms. The van der Waals surface area contributed by atoms with Crippen molar-refractivity contribution in [1.29, 1.82) is 0 Å².